The minimum Gasteiger partial charge on any atom is -0.317 e. The van der Waals surface area contributed by atoms with Crippen molar-refractivity contribution in [3.63, 3.8) is 0 Å². The zero-order valence-electron chi connectivity index (χ0n) is 12.7. The second-order valence-corrected chi connectivity index (χ2v) is 5.69. The molecule has 112 valence electrons. The predicted octanol–water partition coefficient (Wildman–Crippen LogP) is -0.490. The zero-order valence-corrected chi connectivity index (χ0v) is 12.7. The van der Waals surface area contributed by atoms with Crippen LogP contribution in [0.1, 0.15) is 17.0 Å². The van der Waals surface area contributed by atoms with Gasteiger partial charge in [-0.15, -0.1) is 0 Å². The minimum atomic E-state index is -1.44. The van der Waals surface area contributed by atoms with E-state index in [0.717, 1.165) is 11.1 Å². The van der Waals surface area contributed by atoms with Crippen LogP contribution in [-0.2, 0) is 9.47 Å². The number of nitrogens with zero attached hydrogens (tertiary/aromatic N) is 2. The normalized spacial score (nSPS) is 34.2. The number of benzene rings is 1. The summed E-state index contributed by atoms with van der Waals surface area (Å²) in [5, 5.41) is 19.8. The van der Waals surface area contributed by atoms with E-state index in [1.165, 1.54) is 14.2 Å². The largest absolute Gasteiger partial charge is 0.342 e. The molecule has 0 radical (unpaired) electrons. The first-order valence-electron chi connectivity index (χ1n) is 6.90. The van der Waals surface area contributed by atoms with Crippen LogP contribution >= 0.6 is 0 Å². The van der Waals surface area contributed by atoms with E-state index in [0.29, 0.717) is 0 Å². The van der Waals surface area contributed by atoms with Crippen LogP contribution in [0.15, 0.2) is 24.3 Å². The summed E-state index contributed by atoms with van der Waals surface area (Å²) in [6.45, 7) is 1.95. The van der Waals surface area contributed by atoms with E-state index in [1.807, 2.05) is 31.2 Å². The Morgan fingerprint density at radius 3 is 2.32 bits per heavy atom. The molecule has 1 aromatic carbocycles. The van der Waals surface area contributed by atoms with Gasteiger partial charge in [-0.05, 0) is 18.1 Å². The molecule has 1 saturated carbocycles. The van der Waals surface area contributed by atoms with Gasteiger partial charge < -0.3 is 9.47 Å². The fourth-order valence-corrected chi connectivity index (χ4v) is 3.99. The number of fused-ring (bicyclic) bond motifs is 1. The fraction of sp³-hybridized carbons (Fsp3) is 0.438. The van der Waals surface area contributed by atoms with Crippen molar-refractivity contribution >= 4 is 5.84 Å². The number of methoxy groups -OCH3 is 2. The van der Waals surface area contributed by atoms with Crippen molar-refractivity contribution in [1.82, 2.24) is 0 Å². The summed E-state index contributed by atoms with van der Waals surface area (Å²) in [6, 6.07) is 12.2. The Hall–Kier alpha value is -2.41. The number of hydrogen-bond acceptors (Lipinski definition) is 5. The number of aryl methyl sites for hydroxylation is 1. The Morgan fingerprint density at radius 1 is 1.18 bits per heavy atom. The summed E-state index contributed by atoms with van der Waals surface area (Å²) < 4.78 is 11.0. The minimum absolute atomic E-state index is 0.216. The SMILES string of the molecule is COC1(OC)[NH+]=C(N)[C@@]2(C#N)[C@@H](c3ccccc3C)[C@@]12C#N. The van der Waals surface area contributed by atoms with Crippen LogP contribution in [0, 0.1) is 40.4 Å². The molecular weight excluding hydrogens is 280 g/mol. The molecule has 0 saturated heterocycles. The molecule has 3 N–H and O–H groups in total. The monoisotopic (exact) mass is 297 g/mol. The Bertz CT molecular complexity index is 756. The van der Waals surface area contributed by atoms with Crippen molar-refractivity contribution in [2.24, 2.45) is 16.6 Å². The number of ether oxygens (including phenoxy) is 2. The molecule has 0 spiro atoms. The summed E-state index contributed by atoms with van der Waals surface area (Å²) in [4.78, 5) is 2.87. The molecule has 1 aromatic rings. The van der Waals surface area contributed by atoms with E-state index in [-0.39, 0.29) is 5.84 Å². The molecule has 22 heavy (non-hydrogen) atoms. The summed E-state index contributed by atoms with van der Waals surface area (Å²) in [5.74, 6) is -1.63. The van der Waals surface area contributed by atoms with Gasteiger partial charge in [0.2, 0.25) is 0 Å². The van der Waals surface area contributed by atoms with Crippen LogP contribution in [0.25, 0.3) is 0 Å². The van der Waals surface area contributed by atoms with Crippen LogP contribution in [-0.4, -0.2) is 26.0 Å². The van der Waals surface area contributed by atoms with Crippen molar-refractivity contribution < 1.29 is 14.5 Å². The Labute approximate surface area is 128 Å². The Morgan fingerprint density at radius 2 is 1.82 bits per heavy atom. The molecule has 0 bridgehead atoms. The molecular formula is C16H17N4O2+. The van der Waals surface area contributed by atoms with Gasteiger partial charge in [-0.25, -0.2) is 4.99 Å². The molecule has 3 rings (SSSR count). The van der Waals surface area contributed by atoms with Gasteiger partial charge in [0.15, 0.2) is 10.8 Å². The number of amidine groups is 1. The Balaban J connectivity index is 2.29. The van der Waals surface area contributed by atoms with Gasteiger partial charge in [0.1, 0.15) is 0 Å². The standard InChI is InChI=1S/C16H16N4O2/c1-10-6-4-5-7-11(10)12-14(8-17)13(19)20-16(21-2,22-3)15(12,14)9-18/h4-7,12H,1-3H3,(H2,19,20)/p+1/t12-,14-,15-/m1/s1. The van der Waals surface area contributed by atoms with Crippen molar-refractivity contribution in [1.29, 1.82) is 10.5 Å². The number of nitrogens with two attached hydrogens (primary N) is 1. The molecule has 3 atom stereocenters. The van der Waals surface area contributed by atoms with E-state index in [1.54, 1.807) is 0 Å². The second kappa shape index (κ2) is 4.30. The highest BCUT2D eigenvalue weighted by atomic mass is 16.7. The average molecular weight is 297 g/mol. The van der Waals surface area contributed by atoms with Crippen LogP contribution in [0.4, 0.5) is 0 Å². The predicted molar refractivity (Wildman–Crippen MR) is 76.9 cm³/mol. The molecule has 1 aliphatic carbocycles. The molecule has 1 aliphatic heterocycles. The fourth-order valence-electron chi connectivity index (χ4n) is 3.99. The van der Waals surface area contributed by atoms with Gasteiger partial charge >= 0.3 is 5.91 Å². The number of rotatable bonds is 3. The molecule has 1 heterocycles. The van der Waals surface area contributed by atoms with Crippen LogP contribution in [0.2, 0.25) is 0 Å². The highest BCUT2D eigenvalue weighted by Gasteiger charge is 2.97. The third-order valence-electron chi connectivity index (χ3n) is 5.08. The third-order valence-corrected chi connectivity index (χ3v) is 5.08. The quantitative estimate of drug-likeness (QED) is 0.732. The highest BCUT2D eigenvalue weighted by molar-refractivity contribution is 5.95. The zero-order chi connectivity index (χ0) is 16.2. The summed E-state index contributed by atoms with van der Waals surface area (Å²) in [6.07, 6.45) is 0. The van der Waals surface area contributed by atoms with Crippen molar-refractivity contribution in [2.45, 2.75) is 18.8 Å². The first-order chi connectivity index (χ1) is 10.5. The van der Waals surface area contributed by atoms with Crippen LogP contribution in [0.3, 0.4) is 0 Å². The van der Waals surface area contributed by atoms with Gasteiger partial charge in [-0.3, -0.25) is 5.73 Å². The number of nitrogens with one attached hydrogen (secondary N) is 1. The summed E-state index contributed by atoms with van der Waals surface area (Å²) in [5.41, 5.74) is 5.62. The van der Waals surface area contributed by atoms with Gasteiger partial charge in [0.25, 0.3) is 5.84 Å². The van der Waals surface area contributed by atoms with E-state index < -0.39 is 22.7 Å². The van der Waals surface area contributed by atoms with Crippen molar-refractivity contribution in [3.8, 4) is 12.1 Å². The Kier molecular flexibility index (Phi) is 2.84. The smallest absolute Gasteiger partial charge is 0.317 e. The second-order valence-electron chi connectivity index (χ2n) is 5.69. The number of hydrogen-bond donors (Lipinski definition) is 2. The maximum atomic E-state index is 9.93. The lowest BCUT2D eigenvalue weighted by Crippen LogP contribution is -2.90. The first-order valence-corrected chi connectivity index (χ1v) is 6.90. The van der Waals surface area contributed by atoms with Crippen LogP contribution in [0.5, 0.6) is 0 Å². The molecule has 1 fully saturated rings. The van der Waals surface area contributed by atoms with E-state index in [2.05, 4.69) is 17.1 Å². The number of nitriles is 2. The van der Waals surface area contributed by atoms with Crippen molar-refractivity contribution in [3.05, 3.63) is 35.4 Å². The molecule has 2 aliphatic rings. The highest BCUT2D eigenvalue weighted by Crippen LogP contribution is 2.78. The van der Waals surface area contributed by atoms with Crippen molar-refractivity contribution in [2.75, 3.05) is 14.2 Å². The van der Waals surface area contributed by atoms with Crippen LogP contribution < -0.4 is 10.7 Å². The molecule has 0 amide bonds. The van der Waals surface area contributed by atoms with Gasteiger partial charge in [-0.2, -0.15) is 10.5 Å². The van der Waals surface area contributed by atoms with E-state index in [4.69, 9.17) is 15.2 Å². The molecule has 6 heteroatoms. The van der Waals surface area contributed by atoms with E-state index in [9.17, 15) is 10.5 Å². The lowest BCUT2D eigenvalue weighted by molar-refractivity contribution is -0.687. The van der Waals surface area contributed by atoms with Gasteiger partial charge in [-0.1, -0.05) is 24.3 Å². The van der Waals surface area contributed by atoms with Gasteiger partial charge in [0.05, 0.1) is 12.1 Å². The lowest BCUT2D eigenvalue weighted by atomic mass is 9.93. The lowest BCUT2D eigenvalue weighted by Gasteiger charge is -2.27. The topological polar surface area (TPSA) is 106 Å². The molecule has 6 nitrogen and oxygen atoms in total. The molecule has 0 unspecified atom stereocenters. The van der Waals surface area contributed by atoms with Gasteiger partial charge in [0, 0.05) is 20.1 Å². The average Bonchev–Trinajstić information content (AvgIpc) is 3.10. The maximum absolute atomic E-state index is 9.93. The van der Waals surface area contributed by atoms with E-state index >= 15 is 0 Å². The summed E-state index contributed by atoms with van der Waals surface area (Å²) >= 11 is 0. The first kappa shape index (κ1) is 14.5. The maximum Gasteiger partial charge on any atom is 0.342 e. The summed E-state index contributed by atoms with van der Waals surface area (Å²) in [7, 11) is 2.87. The molecule has 0 aromatic heterocycles. The third kappa shape index (κ3) is 1.20.